The lowest BCUT2D eigenvalue weighted by atomic mass is 9.82. The average molecular weight is 596 g/mol. The molecule has 0 aliphatic carbocycles. The van der Waals surface area contributed by atoms with E-state index in [2.05, 4.69) is 15.6 Å². The maximum Gasteiger partial charge on any atom is 0.264 e. The van der Waals surface area contributed by atoms with Crippen molar-refractivity contribution in [2.24, 2.45) is 5.92 Å². The molecule has 1 fully saturated rings. The Morgan fingerprint density at radius 1 is 1.24 bits per heavy atom. The maximum atomic E-state index is 16.1. The number of hydrogen-bond acceptors (Lipinski definition) is 7. The number of aliphatic hydroxyl groups is 2. The van der Waals surface area contributed by atoms with E-state index in [0.717, 1.165) is 5.56 Å². The molecule has 5 atom stereocenters. The van der Waals surface area contributed by atoms with E-state index in [9.17, 15) is 19.8 Å². The summed E-state index contributed by atoms with van der Waals surface area (Å²) in [6.45, 7) is 7.26. The van der Waals surface area contributed by atoms with Gasteiger partial charge in [-0.25, -0.2) is 0 Å². The molecular formula is C30H38FN5O5Si. The van der Waals surface area contributed by atoms with Crippen LogP contribution in [0.1, 0.15) is 37.1 Å². The zero-order valence-corrected chi connectivity index (χ0v) is 25.3. The van der Waals surface area contributed by atoms with Gasteiger partial charge in [-0.15, -0.1) is 5.10 Å². The zero-order valence-electron chi connectivity index (χ0n) is 24.3. The first-order valence-corrected chi connectivity index (χ1v) is 17.3. The molecule has 1 saturated heterocycles. The SMILES string of the molecule is C[C@H](O)C(=O)Nc1ccc2c(c1)[C@@]1(O[C@H](CCn3cc(CCO)nn3)[C@@H]([Si](C)(C)F)[C@@H]1C)C(=O)N2Cc1ccccc1. The fraction of sp³-hybridized carbons (Fsp3) is 0.467. The molecule has 1 spiro atoms. The standard InChI is InChI=1S/C30H38FN5O5Si/c1-19-27(42(3,4)31)26(12-14-35-18-23(13-15-37)33-34-35)41-30(19)24-16-22(32-28(39)20(2)38)10-11-25(24)36(29(30)40)17-21-8-6-5-7-9-21/h5-11,16,18-20,26-27,37-38H,12-15,17H2,1-4H3,(H,32,39)/t19-,20-,26+,27-,30+/m0/s1. The molecule has 224 valence electrons. The lowest BCUT2D eigenvalue weighted by Crippen LogP contribution is -2.45. The Bertz CT molecular complexity index is 1450. The number of aromatic nitrogens is 3. The van der Waals surface area contributed by atoms with E-state index >= 15 is 4.11 Å². The molecule has 10 nitrogen and oxygen atoms in total. The van der Waals surface area contributed by atoms with E-state index in [1.807, 2.05) is 37.3 Å². The molecule has 3 heterocycles. The van der Waals surface area contributed by atoms with Crippen molar-refractivity contribution < 1.29 is 28.6 Å². The molecule has 2 amide bonds. The van der Waals surface area contributed by atoms with Crippen molar-refractivity contribution in [2.75, 3.05) is 16.8 Å². The minimum absolute atomic E-state index is 0.0329. The molecule has 0 saturated carbocycles. The molecule has 1 aromatic heterocycles. The topological polar surface area (TPSA) is 130 Å². The normalized spacial score (nSPS) is 24.3. The maximum absolute atomic E-state index is 16.1. The molecule has 0 bridgehead atoms. The van der Waals surface area contributed by atoms with Crippen LogP contribution in [0.5, 0.6) is 0 Å². The molecule has 5 rings (SSSR count). The van der Waals surface area contributed by atoms with E-state index in [-0.39, 0.29) is 12.5 Å². The first-order valence-electron chi connectivity index (χ1n) is 14.3. The largest absolute Gasteiger partial charge is 0.396 e. The summed E-state index contributed by atoms with van der Waals surface area (Å²) < 4.78 is 24.6. The minimum atomic E-state index is -3.37. The van der Waals surface area contributed by atoms with Gasteiger partial charge in [0.15, 0.2) is 5.60 Å². The smallest absolute Gasteiger partial charge is 0.264 e. The summed E-state index contributed by atoms with van der Waals surface area (Å²) in [5, 5.41) is 29.9. The second-order valence-corrected chi connectivity index (χ2v) is 15.6. The quantitative estimate of drug-likeness (QED) is 0.242. The Morgan fingerprint density at radius 3 is 2.64 bits per heavy atom. The fourth-order valence-electron chi connectivity index (χ4n) is 6.50. The summed E-state index contributed by atoms with van der Waals surface area (Å²) in [4.78, 5) is 28.5. The van der Waals surface area contributed by atoms with Gasteiger partial charge in [-0.3, -0.25) is 14.3 Å². The summed E-state index contributed by atoms with van der Waals surface area (Å²) in [5.74, 6) is -1.33. The van der Waals surface area contributed by atoms with Crippen LogP contribution in [0.4, 0.5) is 15.5 Å². The monoisotopic (exact) mass is 595 g/mol. The number of amides is 2. The third-order valence-corrected chi connectivity index (χ3v) is 10.8. The lowest BCUT2D eigenvalue weighted by Gasteiger charge is -2.31. The van der Waals surface area contributed by atoms with Crippen molar-refractivity contribution >= 4 is 31.6 Å². The van der Waals surface area contributed by atoms with Gasteiger partial charge in [0, 0.05) is 48.5 Å². The van der Waals surface area contributed by atoms with Crippen molar-refractivity contribution in [1.82, 2.24) is 15.0 Å². The number of rotatable bonds is 10. The van der Waals surface area contributed by atoms with Crippen LogP contribution in [-0.2, 0) is 39.4 Å². The number of nitrogens with zero attached hydrogens (tertiary/aromatic N) is 4. The molecule has 3 aromatic rings. The molecule has 0 radical (unpaired) electrons. The fourth-order valence-corrected chi connectivity index (χ4v) is 9.04. The first kappa shape index (κ1) is 30.0. The molecule has 12 heteroatoms. The predicted octanol–water partition coefficient (Wildman–Crippen LogP) is 3.54. The Hall–Kier alpha value is -3.45. The zero-order chi connectivity index (χ0) is 30.2. The molecule has 2 aromatic carbocycles. The predicted molar refractivity (Wildman–Crippen MR) is 158 cm³/mol. The third-order valence-electron chi connectivity index (χ3n) is 8.39. The highest BCUT2D eigenvalue weighted by molar-refractivity contribution is 6.72. The number of anilines is 2. The van der Waals surface area contributed by atoms with Crippen LogP contribution < -0.4 is 10.2 Å². The van der Waals surface area contributed by atoms with Crippen LogP contribution in [0.2, 0.25) is 18.6 Å². The van der Waals surface area contributed by atoms with Crippen LogP contribution in [0, 0.1) is 5.92 Å². The number of fused-ring (bicyclic) bond motifs is 2. The second-order valence-electron chi connectivity index (χ2n) is 11.8. The summed E-state index contributed by atoms with van der Waals surface area (Å²) in [6.07, 6.45) is 0.780. The van der Waals surface area contributed by atoms with Crippen molar-refractivity contribution in [3.8, 4) is 0 Å². The molecule has 42 heavy (non-hydrogen) atoms. The van der Waals surface area contributed by atoms with Crippen molar-refractivity contribution in [3.05, 3.63) is 71.5 Å². The summed E-state index contributed by atoms with van der Waals surface area (Å²) in [7, 11) is -3.37. The van der Waals surface area contributed by atoms with Crippen LogP contribution in [0.25, 0.3) is 0 Å². The number of nitrogens with one attached hydrogen (secondary N) is 1. The Balaban J connectivity index is 1.54. The highest BCUT2D eigenvalue weighted by Crippen LogP contribution is 2.60. The van der Waals surface area contributed by atoms with E-state index < -0.39 is 43.6 Å². The van der Waals surface area contributed by atoms with Gasteiger partial charge in [-0.05, 0) is 50.2 Å². The van der Waals surface area contributed by atoms with Crippen molar-refractivity contribution in [1.29, 1.82) is 0 Å². The number of halogens is 1. The van der Waals surface area contributed by atoms with E-state index in [1.165, 1.54) is 6.92 Å². The van der Waals surface area contributed by atoms with Crippen LogP contribution in [0.3, 0.4) is 0 Å². The number of aliphatic hydroxyl groups excluding tert-OH is 2. The lowest BCUT2D eigenvalue weighted by molar-refractivity contribution is -0.146. The van der Waals surface area contributed by atoms with Crippen LogP contribution in [-0.4, -0.2) is 64.2 Å². The van der Waals surface area contributed by atoms with Gasteiger partial charge >= 0.3 is 0 Å². The average Bonchev–Trinajstić information content (AvgIpc) is 3.58. The van der Waals surface area contributed by atoms with Crippen molar-refractivity contribution in [3.63, 3.8) is 0 Å². The highest BCUT2D eigenvalue weighted by atomic mass is 28.4. The van der Waals surface area contributed by atoms with Gasteiger partial charge in [-0.2, -0.15) is 0 Å². The van der Waals surface area contributed by atoms with Gasteiger partial charge < -0.3 is 29.3 Å². The number of benzene rings is 2. The van der Waals surface area contributed by atoms with Crippen LogP contribution >= 0.6 is 0 Å². The van der Waals surface area contributed by atoms with E-state index in [4.69, 9.17) is 4.74 Å². The summed E-state index contributed by atoms with van der Waals surface area (Å²) in [6, 6.07) is 14.8. The number of aryl methyl sites for hydroxylation is 1. The van der Waals surface area contributed by atoms with Gasteiger partial charge in [-0.1, -0.05) is 42.5 Å². The molecule has 2 aliphatic rings. The number of ether oxygens (including phenoxy) is 1. The van der Waals surface area contributed by atoms with Gasteiger partial charge in [0.2, 0.25) is 8.41 Å². The molecule has 0 unspecified atom stereocenters. The molecular weight excluding hydrogens is 557 g/mol. The Kier molecular flexibility index (Phi) is 8.34. The van der Waals surface area contributed by atoms with Gasteiger partial charge in [0.1, 0.15) is 6.10 Å². The first-order chi connectivity index (χ1) is 20.0. The van der Waals surface area contributed by atoms with Gasteiger partial charge in [0.05, 0.1) is 24.0 Å². The Morgan fingerprint density at radius 2 is 1.98 bits per heavy atom. The minimum Gasteiger partial charge on any atom is -0.396 e. The molecule has 2 aliphatic heterocycles. The summed E-state index contributed by atoms with van der Waals surface area (Å²) >= 11 is 0. The van der Waals surface area contributed by atoms with Crippen molar-refractivity contribution in [2.45, 2.75) is 76.2 Å². The number of hydrogen-bond donors (Lipinski definition) is 3. The van der Waals surface area contributed by atoms with Crippen LogP contribution in [0.15, 0.2) is 54.7 Å². The van der Waals surface area contributed by atoms with E-state index in [1.54, 1.807) is 47.1 Å². The number of carbonyl (C=O) groups excluding carboxylic acids is 2. The number of carbonyl (C=O) groups is 2. The summed E-state index contributed by atoms with van der Waals surface area (Å²) in [5.41, 5.74) is 1.29. The Labute approximate surface area is 245 Å². The van der Waals surface area contributed by atoms with Gasteiger partial charge in [0.25, 0.3) is 11.8 Å². The van der Waals surface area contributed by atoms with E-state index in [0.29, 0.717) is 48.6 Å². The highest BCUT2D eigenvalue weighted by Gasteiger charge is 2.66. The molecule has 3 N–H and O–H groups in total. The third kappa shape index (κ3) is 5.51. The second kappa shape index (κ2) is 11.7.